The topological polar surface area (TPSA) is 83.8 Å². The normalized spacial score (nSPS) is 16.3. The zero-order chi connectivity index (χ0) is 9.97. The number of carbonyl (C=O) groups is 1. The van der Waals surface area contributed by atoms with E-state index in [0.717, 1.165) is 18.4 Å². The number of nitrogens with two attached hydrogens (primary N) is 1. The van der Waals surface area contributed by atoms with Gasteiger partial charge in [0.2, 0.25) is 5.91 Å². The molecule has 4 N–H and O–H groups in total. The lowest BCUT2D eigenvalue weighted by Gasteiger charge is -2.23. The Morgan fingerprint density at radius 1 is 1.71 bits per heavy atom. The smallest absolute Gasteiger partial charge is 0.223 e. The summed E-state index contributed by atoms with van der Waals surface area (Å²) in [5, 5.41) is 9.25. The van der Waals surface area contributed by atoms with E-state index < -0.39 is 0 Å². The molecule has 5 heteroatoms. The van der Waals surface area contributed by atoms with Crippen LogP contribution in [-0.2, 0) is 11.3 Å². The van der Waals surface area contributed by atoms with Gasteiger partial charge in [0.05, 0.1) is 6.20 Å². The molecule has 0 saturated heterocycles. The van der Waals surface area contributed by atoms with Crippen molar-refractivity contribution in [3.8, 4) is 0 Å². The third-order valence-electron chi connectivity index (χ3n) is 2.68. The molecule has 1 aliphatic rings. The van der Waals surface area contributed by atoms with E-state index in [4.69, 9.17) is 5.73 Å². The van der Waals surface area contributed by atoms with Crippen LogP contribution < -0.4 is 11.1 Å². The maximum Gasteiger partial charge on any atom is 0.223 e. The second-order valence-corrected chi connectivity index (χ2v) is 3.65. The summed E-state index contributed by atoms with van der Waals surface area (Å²) in [5.74, 6) is 0.888. The van der Waals surface area contributed by atoms with Crippen molar-refractivity contribution in [2.45, 2.75) is 25.8 Å². The van der Waals surface area contributed by atoms with Crippen molar-refractivity contribution in [2.24, 2.45) is 5.92 Å². The van der Waals surface area contributed by atoms with Gasteiger partial charge in [0.15, 0.2) is 0 Å². The van der Waals surface area contributed by atoms with Crippen LogP contribution in [0.1, 0.15) is 24.8 Å². The molecule has 0 bridgehead atoms. The third kappa shape index (κ3) is 1.71. The van der Waals surface area contributed by atoms with Crippen LogP contribution in [0.25, 0.3) is 0 Å². The number of nitrogen functional groups attached to an aromatic ring is 1. The Hall–Kier alpha value is -1.52. The first-order valence-electron chi connectivity index (χ1n) is 4.83. The van der Waals surface area contributed by atoms with Gasteiger partial charge < -0.3 is 11.1 Å². The van der Waals surface area contributed by atoms with Gasteiger partial charge in [-0.1, -0.05) is 6.42 Å². The van der Waals surface area contributed by atoms with Gasteiger partial charge in [-0.05, 0) is 12.8 Å². The number of H-pyrrole nitrogens is 1. The van der Waals surface area contributed by atoms with Crippen molar-refractivity contribution < 1.29 is 4.79 Å². The molecular formula is C9H14N4O. The monoisotopic (exact) mass is 194 g/mol. The summed E-state index contributed by atoms with van der Waals surface area (Å²) in [7, 11) is 0. The van der Waals surface area contributed by atoms with Gasteiger partial charge >= 0.3 is 0 Å². The average molecular weight is 194 g/mol. The van der Waals surface area contributed by atoms with E-state index in [0.29, 0.717) is 12.4 Å². The molecule has 1 amide bonds. The van der Waals surface area contributed by atoms with E-state index in [1.807, 2.05) is 0 Å². The number of rotatable bonds is 3. The van der Waals surface area contributed by atoms with E-state index in [-0.39, 0.29) is 11.8 Å². The van der Waals surface area contributed by atoms with E-state index in [1.54, 1.807) is 6.20 Å². The Balaban J connectivity index is 1.82. The molecule has 1 saturated carbocycles. The van der Waals surface area contributed by atoms with Crippen LogP contribution in [0.3, 0.4) is 0 Å². The average Bonchev–Trinajstić information content (AvgIpc) is 2.44. The molecule has 0 radical (unpaired) electrons. The number of carbonyl (C=O) groups excluding carboxylic acids is 1. The van der Waals surface area contributed by atoms with Crippen LogP contribution in [0.4, 0.5) is 5.82 Å². The number of amides is 1. The molecule has 2 rings (SSSR count). The van der Waals surface area contributed by atoms with Gasteiger partial charge in [0.25, 0.3) is 0 Å². The number of hydrogen-bond donors (Lipinski definition) is 3. The number of aromatic amines is 1. The minimum Gasteiger partial charge on any atom is -0.384 e. The Labute approximate surface area is 82.1 Å². The van der Waals surface area contributed by atoms with Gasteiger partial charge in [0.1, 0.15) is 5.82 Å². The lowest BCUT2D eigenvalue weighted by molar-refractivity contribution is -0.127. The molecule has 1 aliphatic carbocycles. The molecule has 76 valence electrons. The standard InChI is InChI=1S/C9H14N4O/c10-8-7(5-12-13-8)4-11-9(14)6-2-1-3-6/h5-6H,1-4H2,(H,11,14)(H3,10,12,13). The van der Waals surface area contributed by atoms with Crippen molar-refractivity contribution >= 4 is 11.7 Å². The lowest BCUT2D eigenvalue weighted by Crippen LogP contribution is -2.34. The lowest BCUT2D eigenvalue weighted by atomic mass is 9.85. The Morgan fingerprint density at radius 2 is 2.50 bits per heavy atom. The SMILES string of the molecule is Nc1[nH]ncc1CNC(=O)C1CCC1. The van der Waals surface area contributed by atoms with Crippen LogP contribution in [0.2, 0.25) is 0 Å². The van der Waals surface area contributed by atoms with Crippen LogP contribution in [0.15, 0.2) is 6.20 Å². The minimum absolute atomic E-state index is 0.136. The molecular weight excluding hydrogens is 180 g/mol. The van der Waals surface area contributed by atoms with Gasteiger partial charge in [-0.2, -0.15) is 5.10 Å². The molecule has 1 aromatic rings. The second kappa shape index (κ2) is 3.69. The van der Waals surface area contributed by atoms with Gasteiger partial charge in [0, 0.05) is 18.0 Å². The summed E-state index contributed by atoms with van der Waals surface area (Å²) in [4.78, 5) is 11.4. The molecule has 1 fully saturated rings. The molecule has 1 aromatic heterocycles. The first-order chi connectivity index (χ1) is 6.77. The largest absolute Gasteiger partial charge is 0.384 e. The summed E-state index contributed by atoms with van der Waals surface area (Å²) in [6, 6.07) is 0. The number of aromatic nitrogens is 2. The highest BCUT2D eigenvalue weighted by Crippen LogP contribution is 2.26. The molecule has 0 aliphatic heterocycles. The number of nitrogens with zero attached hydrogens (tertiary/aromatic N) is 1. The highest BCUT2D eigenvalue weighted by atomic mass is 16.1. The van der Waals surface area contributed by atoms with E-state index in [9.17, 15) is 4.79 Å². The van der Waals surface area contributed by atoms with E-state index >= 15 is 0 Å². The fourth-order valence-electron chi connectivity index (χ4n) is 1.46. The third-order valence-corrected chi connectivity index (χ3v) is 2.68. The number of hydrogen-bond acceptors (Lipinski definition) is 3. The summed E-state index contributed by atoms with van der Waals surface area (Å²) in [5.41, 5.74) is 6.43. The predicted molar refractivity (Wildman–Crippen MR) is 52.2 cm³/mol. The fraction of sp³-hybridized carbons (Fsp3) is 0.556. The van der Waals surface area contributed by atoms with Crippen LogP contribution >= 0.6 is 0 Å². The summed E-state index contributed by atoms with van der Waals surface area (Å²) < 4.78 is 0. The molecule has 0 spiro atoms. The zero-order valence-corrected chi connectivity index (χ0v) is 7.92. The maximum absolute atomic E-state index is 11.4. The van der Waals surface area contributed by atoms with Crippen molar-refractivity contribution in [1.29, 1.82) is 0 Å². The summed E-state index contributed by atoms with van der Waals surface area (Å²) in [6.45, 7) is 0.470. The number of anilines is 1. The first kappa shape index (κ1) is 9.05. The molecule has 1 heterocycles. The first-order valence-corrected chi connectivity index (χ1v) is 4.83. The Bertz CT molecular complexity index is 329. The quantitative estimate of drug-likeness (QED) is 0.651. The van der Waals surface area contributed by atoms with Crippen molar-refractivity contribution in [3.63, 3.8) is 0 Å². The minimum atomic E-state index is 0.136. The van der Waals surface area contributed by atoms with Crippen LogP contribution in [0.5, 0.6) is 0 Å². The van der Waals surface area contributed by atoms with Crippen LogP contribution in [-0.4, -0.2) is 16.1 Å². The van der Waals surface area contributed by atoms with Crippen molar-refractivity contribution in [2.75, 3.05) is 5.73 Å². The van der Waals surface area contributed by atoms with Gasteiger partial charge in [-0.3, -0.25) is 9.89 Å². The Kier molecular flexibility index (Phi) is 2.39. The van der Waals surface area contributed by atoms with Gasteiger partial charge in [-0.25, -0.2) is 0 Å². The van der Waals surface area contributed by atoms with E-state index in [1.165, 1.54) is 6.42 Å². The Morgan fingerprint density at radius 3 is 3.00 bits per heavy atom. The highest BCUT2D eigenvalue weighted by molar-refractivity contribution is 5.79. The predicted octanol–water partition coefficient (Wildman–Crippen LogP) is 0.408. The van der Waals surface area contributed by atoms with Crippen LogP contribution in [0, 0.1) is 5.92 Å². The van der Waals surface area contributed by atoms with Crippen molar-refractivity contribution in [1.82, 2.24) is 15.5 Å². The van der Waals surface area contributed by atoms with E-state index in [2.05, 4.69) is 15.5 Å². The second-order valence-electron chi connectivity index (χ2n) is 3.65. The molecule has 0 atom stereocenters. The number of nitrogens with one attached hydrogen (secondary N) is 2. The fourth-order valence-corrected chi connectivity index (χ4v) is 1.46. The zero-order valence-electron chi connectivity index (χ0n) is 7.92. The summed E-state index contributed by atoms with van der Waals surface area (Å²) >= 11 is 0. The summed E-state index contributed by atoms with van der Waals surface area (Å²) in [6.07, 6.45) is 4.85. The maximum atomic E-state index is 11.4. The molecule has 5 nitrogen and oxygen atoms in total. The van der Waals surface area contributed by atoms with Crippen molar-refractivity contribution in [3.05, 3.63) is 11.8 Å². The molecule has 0 aromatic carbocycles. The molecule has 0 unspecified atom stereocenters. The molecule has 14 heavy (non-hydrogen) atoms. The highest BCUT2D eigenvalue weighted by Gasteiger charge is 2.24. The van der Waals surface area contributed by atoms with Gasteiger partial charge in [-0.15, -0.1) is 0 Å².